The molecule has 0 aliphatic carbocycles. The lowest BCUT2D eigenvalue weighted by molar-refractivity contribution is 0.175. The van der Waals surface area contributed by atoms with Gasteiger partial charge in [-0.2, -0.15) is 0 Å². The zero-order valence-corrected chi connectivity index (χ0v) is 9.97. The molecule has 13 heavy (non-hydrogen) atoms. The topological polar surface area (TPSA) is 3.24 Å². The molecule has 1 heteroatoms. The van der Waals surface area contributed by atoms with E-state index in [0.29, 0.717) is 0 Å². The van der Waals surface area contributed by atoms with Crippen LogP contribution in [0.5, 0.6) is 0 Å². The Labute approximate surface area is 84.5 Å². The van der Waals surface area contributed by atoms with Crippen LogP contribution in [0.25, 0.3) is 0 Å². The van der Waals surface area contributed by atoms with Crippen molar-refractivity contribution in [3.63, 3.8) is 0 Å². The maximum atomic E-state index is 2.59. The largest absolute Gasteiger partial charge is 0.303 e. The monoisotopic (exact) mass is 185 g/mol. The molecule has 1 nitrogen and oxygen atoms in total. The summed E-state index contributed by atoms with van der Waals surface area (Å²) >= 11 is 0. The van der Waals surface area contributed by atoms with Gasteiger partial charge in [0.2, 0.25) is 0 Å². The molecule has 0 spiro atoms. The van der Waals surface area contributed by atoms with Crippen LogP contribution in [0, 0.1) is 5.92 Å². The van der Waals surface area contributed by atoms with Gasteiger partial charge >= 0.3 is 0 Å². The molecule has 1 rings (SSSR count). The summed E-state index contributed by atoms with van der Waals surface area (Å²) < 4.78 is 0. The molecule has 0 radical (unpaired) electrons. The third-order valence-electron chi connectivity index (χ3n) is 2.75. The van der Waals surface area contributed by atoms with E-state index < -0.39 is 0 Å². The smallest absolute Gasteiger partial charge is 0.000955 e. The molecule has 1 heterocycles. The van der Waals surface area contributed by atoms with E-state index in [1.165, 1.54) is 45.3 Å². The van der Waals surface area contributed by atoms with Gasteiger partial charge < -0.3 is 4.90 Å². The van der Waals surface area contributed by atoms with Crippen LogP contribution in [-0.4, -0.2) is 24.5 Å². The minimum Gasteiger partial charge on any atom is -0.303 e. The van der Waals surface area contributed by atoms with Crippen LogP contribution in [0.3, 0.4) is 0 Å². The molecule has 0 saturated carbocycles. The van der Waals surface area contributed by atoms with Gasteiger partial charge in [0.05, 0.1) is 0 Å². The maximum absolute atomic E-state index is 2.59. The molecular formula is C12H27N. The van der Waals surface area contributed by atoms with Crippen molar-refractivity contribution in [3.8, 4) is 0 Å². The molecule has 1 aliphatic rings. The lowest BCUT2D eigenvalue weighted by Gasteiger charge is -2.31. The average Bonchev–Trinajstić information content (AvgIpc) is 2.22. The quantitative estimate of drug-likeness (QED) is 0.650. The third kappa shape index (κ3) is 5.30. The van der Waals surface area contributed by atoms with Gasteiger partial charge in [0.25, 0.3) is 0 Å². The predicted molar refractivity (Wildman–Crippen MR) is 61.1 cm³/mol. The molecular weight excluding hydrogens is 158 g/mol. The van der Waals surface area contributed by atoms with E-state index in [2.05, 4.69) is 18.7 Å². The second-order valence-corrected chi connectivity index (χ2v) is 3.69. The van der Waals surface area contributed by atoms with Gasteiger partial charge in [-0.25, -0.2) is 0 Å². The van der Waals surface area contributed by atoms with Crippen LogP contribution in [0.4, 0.5) is 0 Å². The Morgan fingerprint density at radius 1 is 1.23 bits per heavy atom. The van der Waals surface area contributed by atoms with E-state index in [-0.39, 0.29) is 0 Å². The van der Waals surface area contributed by atoms with Crippen molar-refractivity contribution in [2.24, 2.45) is 5.92 Å². The Morgan fingerprint density at radius 2 is 1.92 bits per heavy atom. The van der Waals surface area contributed by atoms with Crippen molar-refractivity contribution in [1.29, 1.82) is 0 Å². The molecule has 0 N–H and O–H groups in total. The molecule has 1 unspecified atom stereocenters. The van der Waals surface area contributed by atoms with Crippen LogP contribution in [-0.2, 0) is 0 Å². The minimum atomic E-state index is 1.01. The van der Waals surface area contributed by atoms with Crippen LogP contribution in [0.1, 0.15) is 53.4 Å². The Morgan fingerprint density at radius 3 is 2.46 bits per heavy atom. The van der Waals surface area contributed by atoms with E-state index in [9.17, 15) is 0 Å². The van der Waals surface area contributed by atoms with Crippen molar-refractivity contribution in [1.82, 2.24) is 4.90 Å². The predicted octanol–water partition coefficient (Wildman–Crippen LogP) is 3.54. The van der Waals surface area contributed by atoms with Gasteiger partial charge in [-0.1, -0.05) is 34.1 Å². The van der Waals surface area contributed by atoms with Crippen molar-refractivity contribution in [2.45, 2.75) is 53.4 Å². The fourth-order valence-electron chi connectivity index (χ4n) is 2.08. The Balaban J connectivity index is 0.000000671. The van der Waals surface area contributed by atoms with E-state index in [0.717, 1.165) is 5.92 Å². The van der Waals surface area contributed by atoms with Crippen molar-refractivity contribution in [3.05, 3.63) is 0 Å². The Kier molecular flexibility index (Phi) is 8.53. The highest BCUT2D eigenvalue weighted by atomic mass is 15.1. The zero-order valence-electron chi connectivity index (χ0n) is 9.97. The number of nitrogens with zero attached hydrogens (tertiary/aromatic N) is 1. The lowest BCUT2D eigenvalue weighted by Crippen LogP contribution is -2.34. The molecule has 0 aromatic carbocycles. The molecule has 1 fully saturated rings. The molecule has 1 aliphatic heterocycles. The number of rotatable bonds is 3. The van der Waals surface area contributed by atoms with E-state index in [1.54, 1.807) is 0 Å². The van der Waals surface area contributed by atoms with E-state index in [1.807, 2.05) is 13.8 Å². The first kappa shape index (κ1) is 13.0. The third-order valence-corrected chi connectivity index (χ3v) is 2.75. The molecule has 1 saturated heterocycles. The molecule has 0 aromatic rings. The highest BCUT2D eigenvalue weighted by Crippen LogP contribution is 2.20. The number of hydrogen-bond acceptors (Lipinski definition) is 1. The summed E-state index contributed by atoms with van der Waals surface area (Å²) in [6, 6.07) is 0. The lowest BCUT2D eigenvalue weighted by atomic mass is 9.94. The van der Waals surface area contributed by atoms with Gasteiger partial charge in [-0.05, 0) is 38.3 Å². The average molecular weight is 185 g/mol. The highest BCUT2D eigenvalue weighted by Gasteiger charge is 2.16. The second kappa shape index (κ2) is 8.55. The number of hydrogen-bond donors (Lipinski definition) is 0. The molecule has 1 atom stereocenters. The van der Waals surface area contributed by atoms with Gasteiger partial charge in [-0.3, -0.25) is 0 Å². The SMILES string of the molecule is CC.CCCC1CCCN(CC)C1. The first-order valence-corrected chi connectivity index (χ1v) is 6.09. The molecule has 0 bridgehead atoms. The zero-order chi connectivity index (χ0) is 10.1. The second-order valence-electron chi connectivity index (χ2n) is 3.69. The van der Waals surface area contributed by atoms with Crippen LogP contribution < -0.4 is 0 Å². The standard InChI is InChI=1S/C10H21N.C2H6/c1-3-6-10-7-5-8-11(4-2)9-10;1-2/h10H,3-9H2,1-2H3;1-2H3. The summed E-state index contributed by atoms with van der Waals surface area (Å²) in [4.78, 5) is 2.59. The minimum absolute atomic E-state index is 1.01. The number of piperidine rings is 1. The summed E-state index contributed by atoms with van der Waals surface area (Å²) in [5.74, 6) is 1.01. The molecule has 0 amide bonds. The molecule has 0 aromatic heterocycles. The van der Waals surface area contributed by atoms with Crippen molar-refractivity contribution in [2.75, 3.05) is 19.6 Å². The van der Waals surface area contributed by atoms with Crippen LogP contribution in [0.2, 0.25) is 0 Å². The Hall–Kier alpha value is -0.0400. The van der Waals surface area contributed by atoms with Gasteiger partial charge in [0.15, 0.2) is 0 Å². The van der Waals surface area contributed by atoms with Gasteiger partial charge in [0, 0.05) is 6.54 Å². The first-order chi connectivity index (χ1) is 6.36. The fourth-order valence-corrected chi connectivity index (χ4v) is 2.08. The summed E-state index contributed by atoms with van der Waals surface area (Å²) in [5.41, 5.74) is 0. The summed E-state index contributed by atoms with van der Waals surface area (Å²) in [6.07, 6.45) is 5.71. The molecule has 80 valence electrons. The van der Waals surface area contributed by atoms with Crippen LogP contribution in [0.15, 0.2) is 0 Å². The van der Waals surface area contributed by atoms with Gasteiger partial charge in [0.1, 0.15) is 0 Å². The van der Waals surface area contributed by atoms with E-state index >= 15 is 0 Å². The number of likely N-dealkylation sites (tertiary alicyclic amines) is 1. The van der Waals surface area contributed by atoms with Crippen LogP contribution >= 0.6 is 0 Å². The van der Waals surface area contributed by atoms with Crippen molar-refractivity contribution >= 4 is 0 Å². The highest BCUT2D eigenvalue weighted by molar-refractivity contribution is 4.71. The van der Waals surface area contributed by atoms with Gasteiger partial charge in [-0.15, -0.1) is 0 Å². The fraction of sp³-hybridized carbons (Fsp3) is 1.00. The van der Waals surface area contributed by atoms with E-state index in [4.69, 9.17) is 0 Å². The first-order valence-electron chi connectivity index (χ1n) is 6.09. The summed E-state index contributed by atoms with van der Waals surface area (Å²) in [7, 11) is 0. The van der Waals surface area contributed by atoms with Crippen molar-refractivity contribution < 1.29 is 0 Å². The summed E-state index contributed by atoms with van der Waals surface area (Å²) in [6.45, 7) is 12.5. The normalized spacial score (nSPS) is 23.5. The summed E-state index contributed by atoms with van der Waals surface area (Å²) in [5, 5.41) is 0. The Bertz CT molecular complexity index is 99.3. The maximum Gasteiger partial charge on any atom is 0.000955 e.